The average molecular weight is 409 g/mol. The first-order chi connectivity index (χ1) is 14.6. The van der Waals surface area contributed by atoms with Gasteiger partial charge in [-0.05, 0) is 42.0 Å². The van der Waals surface area contributed by atoms with Crippen molar-refractivity contribution in [2.24, 2.45) is 17.8 Å². The fourth-order valence-electron chi connectivity index (χ4n) is 4.69. The zero-order valence-electron chi connectivity index (χ0n) is 17.0. The first kappa shape index (κ1) is 19.3. The van der Waals surface area contributed by atoms with Crippen LogP contribution in [0.25, 0.3) is 0 Å². The van der Waals surface area contributed by atoms with Crippen LogP contribution in [0.2, 0.25) is 0 Å². The third-order valence-corrected chi connectivity index (χ3v) is 6.37. The van der Waals surface area contributed by atoms with Gasteiger partial charge in [-0.15, -0.1) is 0 Å². The normalized spacial score (nSPS) is 27.9. The molecule has 158 valence electrons. The van der Waals surface area contributed by atoms with Gasteiger partial charge in [0.05, 0.1) is 6.61 Å². The highest BCUT2D eigenvalue weighted by molar-refractivity contribution is 5.82. The topological polar surface area (TPSA) is 83.9 Å². The Morgan fingerprint density at radius 1 is 1.27 bits per heavy atom. The van der Waals surface area contributed by atoms with Crippen molar-refractivity contribution in [3.63, 3.8) is 0 Å². The molecule has 2 aromatic rings. The first-order valence-electron chi connectivity index (χ1n) is 10.6. The van der Waals surface area contributed by atoms with Gasteiger partial charge in [0.2, 0.25) is 5.91 Å². The molecule has 2 aliphatic heterocycles. The quantitative estimate of drug-likeness (QED) is 0.757. The van der Waals surface area contributed by atoms with Gasteiger partial charge in [-0.25, -0.2) is 4.98 Å². The lowest BCUT2D eigenvalue weighted by Gasteiger charge is -2.26. The van der Waals surface area contributed by atoms with Gasteiger partial charge in [-0.2, -0.15) is 0 Å². The predicted molar refractivity (Wildman–Crippen MR) is 110 cm³/mol. The van der Waals surface area contributed by atoms with E-state index < -0.39 is 0 Å². The Hall–Kier alpha value is -2.64. The van der Waals surface area contributed by atoms with Crippen molar-refractivity contribution < 1.29 is 19.4 Å². The molecular weight excluding hydrogens is 382 g/mol. The molecule has 7 nitrogen and oxygen atoms in total. The number of fused-ring (bicyclic) bond motifs is 2. The molecular formula is C23H27N3O4. The van der Waals surface area contributed by atoms with E-state index in [9.17, 15) is 4.79 Å². The van der Waals surface area contributed by atoms with Crippen molar-refractivity contribution in [1.29, 1.82) is 0 Å². The Morgan fingerprint density at radius 3 is 2.77 bits per heavy atom. The number of hydrogen-bond donors (Lipinski definition) is 2. The largest absolute Gasteiger partial charge is 0.484 e. The van der Waals surface area contributed by atoms with E-state index >= 15 is 0 Å². The Balaban J connectivity index is 1.13. The molecule has 1 aliphatic carbocycles. The summed E-state index contributed by atoms with van der Waals surface area (Å²) in [6.07, 6.45) is 1.55. The van der Waals surface area contributed by atoms with Crippen molar-refractivity contribution in [3.05, 3.63) is 53.7 Å². The van der Waals surface area contributed by atoms with Crippen molar-refractivity contribution >= 4 is 5.91 Å². The SMILES string of the molecule is C[C@@H](CO)NC(=O)C1C2CN(Cc3ccc([C@H]4COc5cccnc5O4)cc3)C[C@@H]21. The van der Waals surface area contributed by atoms with E-state index in [1.807, 2.05) is 19.1 Å². The molecule has 7 heteroatoms. The molecule has 2 N–H and O–H groups in total. The second kappa shape index (κ2) is 7.89. The molecule has 3 heterocycles. The maximum absolute atomic E-state index is 12.3. The van der Waals surface area contributed by atoms with E-state index in [4.69, 9.17) is 14.6 Å². The maximum atomic E-state index is 12.3. The minimum Gasteiger partial charge on any atom is -0.484 e. The van der Waals surface area contributed by atoms with Crippen LogP contribution in [-0.4, -0.2) is 53.2 Å². The second-order valence-electron chi connectivity index (χ2n) is 8.61. The Kier molecular flexibility index (Phi) is 5.08. The summed E-state index contributed by atoms with van der Waals surface area (Å²) in [6.45, 7) is 5.09. The summed E-state index contributed by atoms with van der Waals surface area (Å²) in [4.78, 5) is 18.9. The summed E-state index contributed by atoms with van der Waals surface area (Å²) >= 11 is 0. The first-order valence-corrected chi connectivity index (χ1v) is 10.6. The fraction of sp³-hybridized carbons (Fsp3) is 0.478. The van der Waals surface area contributed by atoms with Crippen LogP contribution in [0, 0.1) is 17.8 Å². The van der Waals surface area contributed by atoms with Crippen LogP contribution >= 0.6 is 0 Å². The van der Waals surface area contributed by atoms with Crippen LogP contribution < -0.4 is 14.8 Å². The molecule has 3 aliphatic rings. The second-order valence-corrected chi connectivity index (χ2v) is 8.61. The number of benzene rings is 1. The monoisotopic (exact) mass is 409 g/mol. The van der Waals surface area contributed by atoms with Crippen molar-refractivity contribution in [2.45, 2.75) is 25.6 Å². The van der Waals surface area contributed by atoms with Crippen LogP contribution in [0.3, 0.4) is 0 Å². The average Bonchev–Trinajstić information content (AvgIpc) is 3.29. The van der Waals surface area contributed by atoms with Crippen LogP contribution in [0.4, 0.5) is 0 Å². The highest BCUT2D eigenvalue weighted by Crippen LogP contribution is 2.52. The number of aliphatic hydroxyl groups is 1. The summed E-state index contributed by atoms with van der Waals surface area (Å²) < 4.78 is 11.7. The van der Waals surface area contributed by atoms with E-state index in [0.717, 1.165) is 25.2 Å². The number of hydrogen-bond acceptors (Lipinski definition) is 6. The fourth-order valence-corrected chi connectivity index (χ4v) is 4.69. The van der Waals surface area contributed by atoms with Gasteiger partial charge in [0.25, 0.3) is 5.88 Å². The molecule has 0 bridgehead atoms. The molecule has 0 radical (unpaired) electrons. The molecule has 2 unspecified atom stereocenters. The van der Waals surface area contributed by atoms with Crippen molar-refractivity contribution in [3.8, 4) is 11.6 Å². The van der Waals surface area contributed by atoms with E-state index in [2.05, 4.69) is 39.5 Å². The van der Waals surface area contributed by atoms with Gasteiger partial charge in [0, 0.05) is 37.8 Å². The number of aromatic nitrogens is 1. The van der Waals surface area contributed by atoms with Crippen molar-refractivity contribution in [2.75, 3.05) is 26.3 Å². The highest BCUT2D eigenvalue weighted by atomic mass is 16.6. The summed E-state index contributed by atoms with van der Waals surface area (Å²) in [7, 11) is 0. The number of rotatable bonds is 6. The summed E-state index contributed by atoms with van der Waals surface area (Å²) in [5, 5.41) is 12.0. The van der Waals surface area contributed by atoms with E-state index in [1.165, 1.54) is 5.56 Å². The number of piperidine rings is 1. The summed E-state index contributed by atoms with van der Waals surface area (Å²) in [5.41, 5.74) is 2.33. The smallest absolute Gasteiger partial charge is 0.257 e. The van der Waals surface area contributed by atoms with Crippen LogP contribution in [0.15, 0.2) is 42.6 Å². The lowest BCUT2D eigenvalue weighted by molar-refractivity contribution is -0.124. The molecule has 1 saturated heterocycles. The Labute approximate surface area is 176 Å². The Bertz CT molecular complexity index is 907. The molecule has 1 saturated carbocycles. The highest BCUT2D eigenvalue weighted by Gasteiger charge is 2.59. The zero-order chi connectivity index (χ0) is 20.7. The van der Waals surface area contributed by atoms with Crippen LogP contribution in [0.5, 0.6) is 11.6 Å². The number of nitrogens with zero attached hydrogens (tertiary/aromatic N) is 2. The third-order valence-electron chi connectivity index (χ3n) is 6.37. The molecule has 30 heavy (non-hydrogen) atoms. The number of aliphatic hydroxyl groups excluding tert-OH is 1. The predicted octanol–water partition coefficient (Wildman–Crippen LogP) is 1.77. The number of pyridine rings is 1. The van der Waals surface area contributed by atoms with Gasteiger partial charge in [-0.3, -0.25) is 9.69 Å². The van der Waals surface area contributed by atoms with Gasteiger partial charge in [0.15, 0.2) is 11.9 Å². The molecule has 1 amide bonds. The zero-order valence-corrected chi connectivity index (χ0v) is 17.0. The van der Waals surface area contributed by atoms with Crippen LogP contribution in [0.1, 0.15) is 24.2 Å². The third kappa shape index (κ3) is 3.75. The van der Waals surface area contributed by atoms with Gasteiger partial charge in [0.1, 0.15) is 6.61 Å². The minimum absolute atomic E-state index is 0.0169. The van der Waals surface area contributed by atoms with Gasteiger partial charge < -0.3 is 19.9 Å². The lowest BCUT2D eigenvalue weighted by Crippen LogP contribution is -2.38. The van der Waals surface area contributed by atoms with E-state index in [1.54, 1.807) is 6.20 Å². The number of amides is 1. The molecule has 2 fully saturated rings. The molecule has 0 spiro atoms. The summed E-state index contributed by atoms with van der Waals surface area (Å²) in [6, 6.07) is 12.0. The molecule has 5 atom stereocenters. The number of likely N-dealkylation sites (tertiary alicyclic amines) is 1. The van der Waals surface area contributed by atoms with Crippen LogP contribution in [-0.2, 0) is 11.3 Å². The Morgan fingerprint density at radius 2 is 2.03 bits per heavy atom. The van der Waals surface area contributed by atoms with Gasteiger partial charge in [-0.1, -0.05) is 24.3 Å². The van der Waals surface area contributed by atoms with E-state index in [-0.39, 0.29) is 30.6 Å². The molecule has 5 rings (SSSR count). The van der Waals surface area contributed by atoms with Crippen molar-refractivity contribution in [1.82, 2.24) is 15.2 Å². The van der Waals surface area contributed by atoms with Gasteiger partial charge >= 0.3 is 0 Å². The number of carbonyl (C=O) groups excluding carboxylic acids is 1. The number of nitrogens with one attached hydrogen (secondary N) is 1. The minimum atomic E-state index is -0.170. The number of carbonyl (C=O) groups is 1. The summed E-state index contributed by atoms with van der Waals surface area (Å²) in [5.74, 6) is 2.36. The molecule has 1 aromatic heterocycles. The maximum Gasteiger partial charge on any atom is 0.257 e. The molecule has 1 aromatic carbocycles. The number of ether oxygens (including phenoxy) is 2. The lowest BCUT2D eigenvalue weighted by atomic mass is 10.1. The van der Waals surface area contributed by atoms with E-state index in [0.29, 0.717) is 30.1 Å². The standard InChI is InChI=1S/C23H27N3O4/c1-14(12-27)25-22(28)21-17-10-26(11-18(17)21)9-15-4-6-16(7-5-15)20-13-29-19-3-2-8-24-23(19)30-20/h2-8,14,17-18,20-21,27H,9-13H2,1H3,(H,25,28)/t14-,17-,18?,20+,21?/m0/s1.